The lowest BCUT2D eigenvalue weighted by molar-refractivity contribution is -0.123. The van der Waals surface area contributed by atoms with Crippen molar-refractivity contribution in [1.29, 1.82) is 0 Å². The number of esters is 1. The number of amides is 2. The van der Waals surface area contributed by atoms with Crippen LogP contribution in [-0.4, -0.2) is 31.0 Å². The van der Waals surface area contributed by atoms with Crippen molar-refractivity contribution < 1.29 is 23.9 Å². The van der Waals surface area contributed by atoms with Crippen LogP contribution in [0.3, 0.4) is 0 Å². The predicted molar refractivity (Wildman–Crippen MR) is 89.3 cm³/mol. The van der Waals surface area contributed by atoms with E-state index in [4.69, 9.17) is 15.2 Å². The van der Waals surface area contributed by atoms with Gasteiger partial charge in [-0.25, -0.2) is 4.79 Å². The Hall–Kier alpha value is -2.87. The number of nitrogens with two attached hydrogens (primary N) is 1. The molecule has 0 aliphatic heterocycles. The molecule has 1 heterocycles. The summed E-state index contributed by atoms with van der Waals surface area (Å²) in [6.45, 7) is 1.43. The number of benzene rings is 1. The van der Waals surface area contributed by atoms with Crippen molar-refractivity contribution in [1.82, 2.24) is 0 Å². The molecule has 24 heavy (non-hydrogen) atoms. The number of ether oxygens (including phenoxy) is 2. The Balaban J connectivity index is 2.05. The molecule has 0 fully saturated rings. The molecule has 1 atom stereocenters. The number of nitrogens with one attached hydrogen (secondary N) is 1. The number of thiophene rings is 1. The molecule has 2 rings (SSSR count). The number of primary amides is 1. The first-order valence-electron chi connectivity index (χ1n) is 6.96. The number of hydrogen-bond acceptors (Lipinski definition) is 6. The van der Waals surface area contributed by atoms with Gasteiger partial charge >= 0.3 is 5.97 Å². The summed E-state index contributed by atoms with van der Waals surface area (Å²) in [6.07, 6.45) is -1.06. The third-order valence-electron chi connectivity index (χ3n) is 3.15. The van der Waals surface area contributed by atoms with Crippen LogP contribution < -0.4 is 15.8 Å². The summed E-state index contributed by atoms with van der Waals surface area (Å²) in [5, 5.41) is 4.47. The average molecular weight is 348 g/mol. The lowest BCUT2D eigenvalue weighted by Crippen LogP contribution is -2.30. The minimum atomic E-state index is -1.06. The predicted octanol–water partition coefficient (Wildman–Crippen LogP) is 2.04. The van der Waals surface area contributed by atoms with Crippen molar-refractivity contribution in [2.24, 2.45) is 5.73 Å². The van der Waals surface area contributed by atoms with E-state index in [9.17, 15) is 14.4 Å². The highest BCUT2D eigenvalue weighted by Crippen LogP contribution is 2.23. The van der Waals surface area contributed by atoms with Gasteiger partial charge in [-0.2, -0.15) is 0 Å². The summed E-state index contributed by atoms with van der Waals surface area (Å²) in [5.74, 6) is -1.55. The Kier molecular flexibility index (Phi) is 5.54. The molecular formula is C16H16N2O5S. The number of carbonyl (C=O) groups excluding carboxylic acids is 3. The van der Waals surface area contributed by atoms with E-state index in [-0.39, 0.29) is 11.1 Å². The van der Waals surface area contributed by atoms with Crippen LogP contribution in [0.2, 0.25) is 0 Å². The second kappa shape index (κ2) is 7.60. The highest BCUT2D eigenvalue weighted by atomic mass is 32.1. The molecule has 0 radical (unpaired) electrons. The fourth-order valence-electron chi connectivity index (χ4n) is 1.90. The van der Waals surface area contributed by atoms with Crippen LogP contribution in [0.1, 0.15) is 27.6 Å². The third-order valence-corrected chi connectivity index (χ3v) is 3.98. The van der Waals surface area contributed by atoms with Gasteiger partial charge in [0.25, 0.3) is 11.8 Å². The van der Waals surface area contributed by atoms with Gasteiger partial charge in [-0.3, -0.25) is 9.59 Å². The van der Waals surface area contributed by atoms with Crippen molar-refractivity contribution in [2.45, 2.75) is 13.0 Å². The Morgan fingerprint density at radius 1 is 1.17 bits per heavy atom. The first kappa shape index (κ1) is 17.5. The highest BCUT2D eigenvalue weighted by Gasteiger charge is 2.22. The SMILES string of the molecule is COc1ccccc1C(=O)O[C@H](C)C(=O)Nc1sccc1C(N)=O. The number of rotatable bonds is 6. The molecule has 2 aromatic rings. The van der Waals surface area contributed by atoms with Gasteiger partial charge in [-0.05, 0) is 30.5 Å². The summed E-state index contributed by atoms with van der Waals surface area (Å²) >= 11 is 1.15. The van der Waals surface area contributed by atoms with Crippen LogP contribution in [0.15, 0.2) is 35.7 Å². The first-order chi connectivity index (χ1) is 11.4. The Morgan fingerprint density at radius 3 is 2.54 bits per heavy atom. The summed E-state index contributed by atoms with van der Waals surface area (Å²) < 4.78 is 10.2. The van der Waals surface area contributed by atoms with Crippen molar-refractivity contribution in [2.75, 3.05) is 12.4 Å². The van der Waals surface area contributed by atoms with Crippen molar-refractivity contribution in [3.63, 3.8) is 0 Å². The topological polar surface area (TPSA) is 108 Å². The van der Waals surface area contributed by atoms with Crippen LogP contribution in [0, 0.1) is 0 Å². The summed E-state index contributed by atoms with van der Waals surface area (Å²) in [5.41, 5.74) is 5.64. The monoisotopic (exact) mass is 348 g/mol. The quantitative estimate of drug-likeness (QED) is 0.777. The average Bonchev–Trinajstić information content (AvgIpc) is 3.02. The van der Waals surface area contributed by atoms with Gasteiger partial charge in [-0.1, -0.05) is 12.1 Å². The molecule has 3 N–H and O–H groups in total. The molecule has 126 valence electrons. The Bertz CT molecular complexity index is 771. The second-order valence-corrected chi connectivity index (χ2v) is 5.68. The molecule has 0 saturated carbocycles. The van der Waals surface area contributed by atoms with Gasteiger partial charge in [0.2, 0.25) is 0 Å². The normalized spacial score (nSPS) is 11.4. The molecule has 1 aromatic heterocycles. The first-order valence-corrected chi connectivity index (χ1v) is 7.84. The zero-order chi connectivity index (χ0) is 17.7. The Morgan fingerprint density at radius 2 is 1.88 bits per heavy atom. The molecule has 0 bridgehead atoms. The van der Waals surface area contributed by atoms with Crippen molar-refractivity contribution >= 4 is 34.1 Å². The minimum absolute atomic E-state index is 0.205. The van der Waals surface area contributed by atoms with E-state index in [1.807, 2.05) is 0 Å². The van der Waals surface area contributed by atoms with Gasteiger partial charge < -0.3 is 20.5 Å². The standard InChI is InChI=1S/C16H16N2O5S/c1-9(14(20)18-15-11(13(17)19)7-8-24-15)23-16(21)10-5-3-4-6-12(10)22-2/h3-9H,1-2H3,(H2,17,19)(H,18,20)/t9-/m1/s1. The van der Waals surface area contributed by atoms with Gasteiger partial charge in [-0.15, -0.1) is 11.3 Å². The van der Waals surface area contributed by atoms with E-state index < -0.39 is 23.9 Å². The van der Waals surface area contributed by atoms with E-state index >= 15 is 0 Å². The molecule has 2 amide bonds. The highest BCUT2D eigenvalue weighted by molar-refractivity contribution is 7.14. The van der Waals surface area contributed by atoms with Gasteiger partial charge in [0.1, 0.15) is 16.3 Å². The van der Waals surface area contributed by atoms with Crippen molar-refractivity contribution in [3.8, 4) is 5.75 Å². The molecular weight excluding hydrogens is 332 g/mol. The molecule has 1 aromatic carbocycles. The largest absolute Gasteiger partial charge is 0.496 e. The summed E-state index contributed by atoms with van der Waals surface area (Å²) in [4.78, 5) is 35.6. The molecule has 0 unspecified atom stereocenters. The fraction of sp³-hybridized carbons (Fsp3) is 0.188. The van der Waals surface area contributed by atoms with E-state index in [1.165, 1.54) is 26.2 Å². The minimum Gasteiger partial charge on any atom is -0.496 e. The molecule has 0 aliphatic carbocycles. The molecule has 0 aliphatic rings. The molecule has 8 heteroatoms. The van der Waals surface area contributed by atoms with Gasteiger partial charge in [0, 0.05) is 0 Å². The van der Waals surface area contributed by atoms with Crippen LogP contribution in [0.25, 0.3) is 0 Å². The van der Waals surface area contributed by atoms with E-state index in [2.05, 4.69) is 5.32 Å². The van der Waals surface area contributed by atoms with Crippen LogP contribution in [-0.2, 0) is 9.53 Å². The molecule has 0 spiro atoms. The molecule has 0 saturated heterocycles. The summed E-state index contributed by atoms with van der Waals surface area (Å²) in [6, 6.07) is 8.04. The number of methoxy groups -OCH3 is 1. The second-order valence-electron chi connectivity index (χ2n) is 4.76. The van der Waals surface area contributed by atoms with Gasteiger partial charge in [0.05, 0.1) is 12.7 Å². The fourth-order valence-corrected chi connectivity index (χ4v) is 2.70. The van der Waals surface area contributed by atoms with E-state index in [1.54, 1.807) is 23.6 Å². The van der Waals surface area contributed by atoms with E-state index in [0.717, 1.165) is 11.3 Å². The van der Waals surface area contributed by atoms with Crippen LogP contribution in [0.5, 0.6) is 5.75 Å². The number of anilines is 1. The lowest BCUT2D eigenvalue weighted by atomic mass is 10.2. The zero-order valence-corrected chi connectivity index (χ0v) is 13.9. The van der Waals surface area contributed by atoms with Crippen LogP contribution >= 0.6 is 11.3 Å². The smallest absolute Gasteiger partial charge is 0.342 e. The van der Waals surface area contributed by atoms with E-state index in [0.29, 0.717) is 10.8 Å². The third kappa shape index (κ3) is 3.90. The van der Waals surface area contributed by atoms with Crippen molar-refractivity contribution in [3.05, 3.63) is 46.8 Å². The lowest BCUT2D eigenvalue weighted by Gasteiger charge is -2.14. The number of para-hydroxylation sites is 1. The Labute approximate surface area is 142 Å². The van der Waals surface area contributed by atoms with Crippen LogP contribution in [0.4, 0.5) is 5.00 Å². The maximum Gasteiger partial charge on any atom is 0.342 e. The molecule has 7 nitrogen and oxygen atoms in total. The van der Waals surface area contributed by atoms with Gasteiger partial charge in [0.15, 0.2) is 6.10 Å². The number of carbonyl (C=O) groups is 3. The zero-order valence-electron chi connectivity index (χ0n) is 13.1. The maximum atomic E-state index is 12.2. The summed E-state index contributed by atoms with van der Waals surface area (Å²) in [7, 11) is 1.43. The maximum absolute atomic E-state index is 12.2. The number of hydrogen-bond donors (Lipinski definition) is 2.